The first-order valence-corrected chi connectivity index (χ1v) is 4.99. The van der Waals surface area contributed by atoms with Gasteiger partial charge in [0.2, 0.25) is 0 Å². The number of carboxylic acid groups (broad SMARTS) is 1. The second-order valence-corrected chi connectivity index (χ2v) is 3.69. The molecule has 1 aromatic heterocycles. The van der Waals surface area contributed by atoms with Crippen molar-refractivity contribution in [1.29, 1.82) is 0 Å². The quantitative estimate of drug-likeness (QED) is 0.747. The molecule has 0 radical (unpaired) electrons. The molecule has 0 atom stereocenters. The highest BCUT2D eigenvalue weighted by Gasteiger charge is 2.17. The SMILES string of the molecule is O=C(O)CCc1nc2c(c(=O)[nH]1)CCC2. The Hall–Kier alpha value is -1.65. The van der Waals surface area contributed by atoms with Gasteiger partial charge in [0.25, 0.3) is 5.56 Å². The van der Waals surface area contributed by atoms with Crippen molar-refractivity contribution >= 4 is 5.97 Å². The minimum absolute atomic E-state index is 0.00171. The molecule has 1 aromatic rings. The Morgan fingerprint density at radius 1 is 1.47 bits per heavy atom. The molecule has 0 saturated heterocycles. The number of rotatable bonds is 3. The van der Waals surface area contributed by atoms with E-state index in [1.165, 1.54) is 0 Å². The van der Waals surface area contributed by atoms with Crippen molar-refractivity contribution in [2.24, 2.45) is 0 Å². The van der Waals surface area contributed by atoms with Gasteiger partial charge in [-0.1, -0.05) is 0 Å². The molecule has 0 amide bonds. The molecule has 0 saturated carbocycles. The standard InChI is InChI=1S/C10H12N2O3/c13-9(14)5-4-8-11-7-3-1-2-6(7)10(15)12-8/h1-5H2,(H,13,14)(H,11,12,15). The van der Waals surface area contributed by atoms with Gasteiger partial charge >= 0.3 is 5.97 Å². The number of aromatic nitrogens is 2. The number of aryl methyl sites for hydroxylation is 2. The summed E-state index contributed by atoms with van der Waals surface area (Å²) in [4.78, 5) is 28.8. The summed E-state index contributed by atoms with van der Waals surface area (Å²) in [6.07, 6.45) is 2.88. The maximum atomic E-state index is 11.5. The van der Waals surface area contributed by atoms with E-state index >= 15 is 0 Å². The van der Waals surface area contributed by atoms with Gasteiger partial charge in [0.1, 0.15) is 5.82 Å². The van der Waals surface area contributed by atoms with E-state index in [0.29, 0.717) is 5.82 Å². The number of hydrogen-bond donors (Lipinski definition) is 2. The van der Waals surface area contributed by atoms with Crippen molar-refractivity contribution in [2.45, 2.75) is 32.1 Å². The van der Waals surface area contributed by atoms with E-state index in [2.05, 4.69) is 9.97 Å². The van der Waals surface area contributed by atoms with Crippen LogP contribution in [0.4, 0.5) is 0 Å². The molecule has 0 bridgehead atoms. The molecule has 1 heterocycles. The molecule has 5 heteroatoms. The number of H-pyrrole nitrogens is 1. The van der Waals surface area contributed by atoms with Crippen molar-refractivity contribution in [1.82, 2.24) is 9.97 Å². The van der Waals surface area contributed by atoms with Crippen LogP contribution in [-0.4, -0.2) is 21.0 Å². The van der Waals surface area contributed by atoms with E-state index in [1.54, 1.807) is 0 Å². The minimum atomic E-state index is -0.877. The number of nitrogens with zero attached hydrogens (tertiary/aromatic N) is 1. The third kappa shape index (κ3) is 2.06. The van der Waals surface area contributed by atoms with E-state index in [-0.39, 0.29) is 18.4 Å². The number of hydrogen-bond acceptors (Lipinski definition) is 3. The zero-order chi connectivity index (χ0) is 10.8. The minimum Gasteiger partial charge on any atom is -0.481 e. The molecule has 15 heavy (non-hydrogen) atoms. The number of fused-ring (bicyclic) bond motifs is 1. The van der Waals surface area contributed by atoms with Crippen LogP contribution in [0.3, 0.4) is 0 Å². The van der Waals surface area contributed by atoms with Crippen molar-refractivity contribution in [3.8, 4) is 0 Å². The average molecular weight is 208 g/mol. The summed E-state index contributed by atoms with van der Waals surface area (Å²) in [6, 6.07) is 0. The smallest absolute Gasteiger partial charge is 0.303 e. The van der Waals surface area contributed by atoms with E-state index in [1.807, 2.05) is 0 Å². The lowest BCUT2D eigenvalue weighted by Crippen LogP contribution is -2.17. The zero-order valence-electron chi connectivity index (χ0n) is 8.25. The summed E-state index contributed by atoms with van der Waals surface area (Å²) < 4.78 is 0. The normalized spacial score (nSPS) is 13.9. The van der Waals surface area contributed by atoms with Gasteiger partial charge in [0.15, 0.2) is 0 Å². The number of aliphatic carboxylic acids is 1. The Kier molecular flexibility index (Phi) is 2.53. The first kappa shape index (κ1) is 9.89. The number of nitrogens with one attached hydrogen (secondary N) is 1. The molecule has 0 aromatic carbocycles. The zero-order valence-corrected chi connectivity index (χ0v) is 8.25. The topological polar surface area (TPSA) is 83.0 Å². The molecule has 0 fully saturated rings. The van der Waals surface area contributed by atoms with Crippen molar-refractivity contribution in [3.05, 3.63) is 27.4 Å². The van der Waals surface area contributed by atoms with E-state index in [4.69, 9.17) is 5.11 Å². The first-order valence-electron chi connectivity index (χ1n) is 4.99. The van der Waals surface area contributed by atoms with Gasteiger partial charge in [-0.25, -0.2) is 4.98 Å². The Morgan fingerprint density at radius 3 is 3.00 bits per heavy atom. The number of carbonyl (C=O) groups is 1. The monoisotopic (exact) mass is 208 g/mol. The fourth-order valence-electron chi connectivity index (χ4n) is 1.84. The van der Waals surface area contributed by atoms with Gasteiger partial charge in [-0.05, 0) is 19.3 Å². The third-order valence-electron chi connectivity index (χ3n) is 2.57. The molecular weight excluding hydrogens is 196 g/mol. The summed E-state index contributed by atoms with van der Waals surface area (Å²) in [5.74, 6) is -0.388. The second kappa shape index (κ2) is 3.84. The predicted molar refractivity (Wildman–Crippen MR) is 52.8 cm³/mol. The summed E-state index contributed by atoms with van der Waals surface area (Å²) >= 11 is 0. The lowest BCUT2D eigenvalue weighted by Gasteiger charge is -2.01. The lowest BCUT2D eigenvalue weighted by atomic mass is 10.2. The molecule has 0 spiro atoms. The molecule has 1 aliphatic carbocycles. The maximum absolute atomic E-state index is 11.5. The third-order valence-corrected chi connectivity index (χ3v) is 2.57. The molecule has 0 unspecified atom stereocenters. The van der Waals surface area contributed by atoms with E-state index in [9.17, 15) is 9.59 Å². The van der Waals surface area contributed by atoms with Crippen LogP contribution in [0, 0.1) is 0 Å². The molecule has 1 aliphatic rings. The fraction of sp³-hybridized carbons (Fsp3) is 0.500. The Balaban J connectivity index is 2.24. The van der Waals surface area contributed by atoms with Crippen LogP contribution in [0.2, 0.25) is 0 Å². The fourth-order valence-corrected chi connectivity index (χ4v) is 1.84. The van der Waals surface area contributed by atoms with Gasteiger partial charge in [-0.2, -0.15) is 0 Å². The van der Waals surface area contributed by atoms with Crippen molar-refractivity contribution < 1.29 is 9.90 Å². The first-order chi connectivity index (χ1) is 7.16. The Morgan fingerprint density at radius 2 is 2.27 bits per heavy atom. The molecule has 80 valence electrons. The van der Waals surface area contributed by atoms with Gasteiger partial charge in [-0.15, -0.1) is 0 Å². The van der Waals surface area contributed by atoms with Crippen LogP contribution in [0.1, 0.15) is 29.9 Å². The highest BCUT2D eigenvalue weighted by Crippen LogP contribution is 2.15. The van der Waals surface area contributed by atoms with E-state index in [0.717, 1.165) is 30.5 Å². The van der Waals surface area contributed by atoms with Crippen LogP contribution in [0.25, 0.3) is 0 Å². The van der Waals surface area contributed by atoms with Crippen LogP contribution in [0.5, 0.6) is 0 Å². The van der Waals surface area contributed by atoms with Crippen LogP contribution < -0.4 is 5.56 Å². The molecule has 2 N–H and O–H groups in total. The summed E-state index contributed by atoms with van der Waals surface area (Å²) in [5.41, 5.74) is 1.52. The van der Waals surface area contributed by atoms with Gasteiger partial charge in [0, 0.05) is 12.0 Å². The van der Waals surface area contributed by atoms with Crippen LogP contribution in [0.15, 0.2) is 4.79 Å². The van der Waals surface area contributed by atoms with Crippen LogP contribution in [-0.2, 0) is 24.1 Å². The second-order valence-electron chi connectivity index (χ2n) is 3.69. The lowest BCUT2D eigenvalue weighted by molar-refractivity contribution is -0.137. The number of aromatic amines is 1. The molecule has 2 rings (SSSR count). The predicted octanol–water partition coefficient (Wildman–Crippen LogP) is 0.276. The molecule has 5 nitrogen and oxygen atoms in total. The van der Waals surface area contributed by atoms with E-state index < -0.39 is 5.97 Å². The average Bonchev–Trinajstić information content (AvgIpc) is 2.63. The summed E-state index contributed by atoms with van der Waals surface area (Å²) in [6.45, 7) is 0. The highest BCUT2D eigenvalue weighted by molar-refractivity contribution is 5.66. The number of carboxylic acids is 1. The van der Waals surface area contributed by atoms with Crippen LogP contribution >= 0.6 is 0 Å². The van der Waals surface area contributed by atoms with Gasteiger partial charge in [0.05, 0.1) is 12.1 Å². The molecular formula is C10H12N2O3. The largest absolute Gasteiger partial charge is 0.481 e. The molecule has 0 aliphatic heterocycles. The Bertz CT molecular complexity index is 450. The van der Waals surface area contributed by atoms with Gasteiger partial charge in [-0.3, -0.25) is 9.59 Å². The Labute approximate surface area is 86.2 Å². The summed E-state index contributed by atoms with van der Waals surface area (Å²) in [5, 5.41) is 8.52. The van der Waals surface area contributed by atoms with Crippen molar-refractivity contribution in [2.75, 3.05) is 0 Å². The maximum Gasteiger partial charge on any atom is 0.303 e. The highest BCUT2D eigenvalue weighted by atomic mass is 16.4. The van der Waals surface area contributed by atoms with Gasteiger partial charge < -0.3 is 10.1 Å². The summed E-state index contributed by atoms with van der Waals surface area (Å²) in [7, 11) is 0. The van der Waals surface area contributed by atoms with Crippen molar-refractivity contribution in [3.63, 3.8) is 0 Å².